The molecule has 0 spiro atoms. The summed E-state index contributed by atoms with van der Waals surface area (Å²) in [6, 6.07) is 5.50. The minimum atomic E-state index is -0.0505. The molecule has 2 rings (SSSR count). The normalized spacial score (nSPS) is 13.4. The van der Waals surface area contributed by atoms with Gasteiger partial charge in [-0.1, -0.05) is 41.0 Å². The fraction of sp³-hybridized carbons (Fsp3) is 0.588. The maximum atomic E-state index is 12.2. The van der Waals surface area contributed by atoms with E-state index in [2.05, 4.69) is 26.1 Å². The average molecular weight is 293 g/mol. The molecule has 0 bridgehead atoms. The maximum absolute atomic E-state index is 12.2. The van der Waals surface area contributed by atoms with Crippen molar-refractivity contribution >= 4 is 5.91 Å². The zero-order valence-corrected chi connectivity index (χ0v) is 13.7. The maximum Gasteiger partial charge on any atom is 0.251 e. The van der Waals surface area contributed by atoms with Crippen LogP contribution in [0.2, 0.25) is 0 Å². The smallest absolute Gasteiger partial charge is 0.251 e. The lowest BCUT2D eigenvalue weighted by Crippen LogP contribution is -2.38. The Morgan fingerprint density at radius 1 is 1.24 bits per heavy atom. The second-order valence-electron chi connectivity index (χ2n) is 5.18. The van der Waals surface area contributed by atoms with Crippen molar-refractivity contribution in [3.05, 3.63) is 23.8 Å². The summed E-state index contributed by atoms with van der Waals surface area (Å²) in [5, 5.41) is 3.09. The highest BCUT2D eigenvalue weighted by molar-refractivity contribution is 5.95. The van der Waals surface area contributed by atoms with Crippen molar-refractivity contribution in [1.29, 1.82) is 0 Å². The van der Waals surface area contributed by atoms with Crippen molar-refractivity contribution in [1.82, 2.24) is 5.32 Å². The number of amides is 1. The summed E-state index contributed by atoms with van der Waals surface area (Å²) in [6.07, 6.45) is 2.05. The van der Waals surface area contributed by atoms with E-state index in [1.807, 2.05) is 13.8 Å². The van der Waals surface area contributed by atoms with Crippen LogP contribution < -0.4 is 14.8 Å². The molecule has 0 fully saturated rings. The Balaban J connectivity index is 0.00000106. The number of ether oxygens (including phenoxy) is 2. The van der Waals surface area contributed by atoms with Crippen LogP contribution in [0.15, 0.2) is 18.2 Å². The lowest BCUT2D eigenvalue weighted by Gasteiger charge is -2.21. The van der Waals surface area contributed by atoms with Crippen LogP contribution in [0.3, 0.4) is 0 Å². The highest BCUT2D eigenvalue weighted by Crippen LogP contribution is 2.32. The minimum Gasteiger partial charge on any atom is -0.454 e. The Morgan fingerprint density at radius 3 is 2.52 bits per heavy atom. The molecule has 1 aliphatic heterocycles. The summed E-state index contributed by atoms with van der Waals surface area (Å²) in [6.45, 7) is 10.6. The lowest BCUT2D eigenvalue weighted by atomic mass is 9.99. The van der Waals surface area contributed by atoms with Gasteiger partial charge >= 0.3 is 0 Å². The zero-order chi connectivity index (χ0) is 15.8. The topological polar surface area (TPSA) is 47.6 Å². The van der Waals surface area contributed by atoms with Crippen LogP contribution in [0.25, 0.3) is 0 Å². The van der Waals surface area contributed by atoms with Crippen molar-refractivity contribution in [2.24, 2.45) is 5.92 Å². The van der Waals surface area contributed by atoms with Gasteiger partial charge in [-0.05, 0) is 30.5 Å². The first kappa shape index (κ1) is 17.3. The molecule has 0 radical (unpaired) electrons. The van der Waals surface area contributed by atoms with Crippen LogP contribution in [0.5, 0.6) is 11.5 Å². The first-order valence-electron chi connectivity index (χ1n) is 7.82. The molecule has 1 aromatic rings. The van der Waals surface area contributed by atoms with Gasteiger partial charge in [0.25, 0.3) is 5.91 Å². The Labute approximate surface area is 127 Å². The van der Waals surface area contributed by atoms with E-state index in [9.17, 15) is 4.79 Å². The van der Waals surface area contributed by atoms with Gasteiger partial charge in [0.05, 0.1) is 0 Å². The van der Waals surface area contributed by atoms with Crippen LogP contribution in [-0.2, 0) is 0 Å². The molecule has 118 valence electrons. The van der Waals surface area contributed by atoms with Crippen LogP contribution in [0.4, 0.5) is 0 Å². The van der Waals surface area contributed by atoms with E-state index in [1.165, 1.54) is 0 Å². The Morgan fingerprint density at radius 2 is 1.90 bits per heavy atom. The third kappa shape index (κ3) is 4.66. The molecule has 1 unspecified atom stereocenters. The second kappa shape index (κ2) is 8.55. The summed E-state index contributed by atoms with van der Waals surface area (Å²) >= 11 is 0. The van der Waals surface area contributed by atoms with Gasteiger partial charge in [-0.25, -0.2) is 0 Å². The molecule has 1 N–H and O–H groups in total. The van der Waals surface area contributed by atoms with E-state index in [0.29, 0.717) is 23.0 Å². The molecular formula is C17H27NO3. The molecule has 4 nitrogen and oxygen atoms in total. The van der Waals surface area contributed by atoms with Crippen molar-refractivity contribution in [3.63, 3.8) is 0 Å². The number of hydrogen-bond donors (Lipinski definition) is 1. The van der Waals surface area contributed by atoms with Crippen LogP contribution in [0, 0.1) is 5.92 Å². The predicted molar refractivity (Wildman–Crippen MR) is 84.9 cm³/mol. The van der Waals surface area contributed by atoms with E-state index in [4.69, 9.17) is 9.47 Å². The van der Waals surface area contributed by atoms with Gasteiger partial charge in [-0.2, -0.15) is 0 Å². The monoisotopic (exact) mass is 293 g/mol. The molecule has 4 heteroatoms. The van der Waals surface area contributed by atoms with Crippen molar-refractivity contribution in [2.75, 3.05) is 6.79 Å². The molecule has 21 heavy (non-hydrogen) atoms. The molecule has 0 saturated heterocycles. The minimum absolute atomic E-state index is 0.0505. The fourth-order valence-corrected chi connectivity index (χ4v) is 2.17. The highest BCUT2D eigenvalue weighted by atomic mass is 16.7. The molecule has 1 aromatic carbocycles. The fourth-order valence-electron chi connectivity index (χ4n) is 2.17. The standard InChI is InChI=1S/C15H21NO3.C2H6/c1-4-5-12(10(2)3)16-15(17)11-6-7-13-14(8-11)19-9-18-13;1-2/h6-8,10,12H,4-5,9H2,1-3H3,(H,16,17);1-2H3. The molecule has 0 saturated carbocycles. The number of carbonyl (C=O) groups is 1. The summed E-state index contributed by atoms with van der Waals surface area (Å²) in [4.78, 5) is 12.2. The molecular weight excluding hydrogens is 266 g/mol. The van der Waals surface area contributed by atoms with Gasteiger partial charge in [0, 0.05) is 11.6 Å². The number of benzene rings is 1. The molecule has 1 amide bonds. The SMILES string of the molecule is CC.CCCC(NC(=O)c1ccc2c(c1)OCO2)C(C)C. The summed E-state index contributed by atoms with van der Waals surface area (Å²) < 4.78 is 10.5. The Bertz CT molecular complexity index is 457. The van der Waals surface area contributed by atoms with E-state index in [-0.39, 0.29) is 18.7 Å². The number of rotatable bonds is 5. The molecule has 0 aliphatic carbocycles. The van der Waals surface area contributed by atoms with Crippen molar-refractivity contribution < 1.29 is 14.3 Å². The van der Waals surface area contributed by atoms with Gasteiger partial charge in [-0.3, -0.25) is 4.79 Å². The Hall–Kier alpha value is -1.71. The van der Waals surface area contributed by atoms with Gasteiger partial charge in [-0.15, -0.1) is 0 Å². The number of carbonyl (C=O) groups excluding carboxylic acids is 1. The summed E-state index contributed by atoms with van der Waals surface area (Å²) in [5.74, 6) is 1.72. The van der Waals surface area contributed by atoms with Crippen LogP contribution >= 0.6 is 0 Å². The summed E-state index contributed by atoms with van der Waals surface area (Å²) in [5.41, 5.74) is 0.617. The number of hydrogen-bond acceptors (Lipinski definition) is 3. The lowest BCUT2D eigenvalue weighted by molar-refractivity contribution is 0.0922. The van der Waals surface area contributed by atoms with E-state index in [0.717, 1.165) is 12.8 Å². The largest absolute Gasteiger partial charge is 0.454 e. The van der Waals surface area contributed by atoms with Crippen LogP contribution in [-0.4, -0.2) is 18.7 Å². The van der Waals surface area contributed by atoms with E-state index in [1.54, 1.807) is 18.2 Å². The predicted octanol–water partition coefficient (Wildman–Crippen LogP) is 4.00. The summed E-state index contributed by atoms with van der Waals surface area (Å²) in [7, 11) is 0. The van der Waals surface area contributed by atoms with Crippen LogP contribution in [0.1, 0.15) is 57.8 Å². The zero-order valence-electron chi connectivity index (χ0n) is 13.7. The third-order valence-corrected chi connectivity index (χ3v) is 3.36. The number of nitrogens with one attached hydrogen (secondary N) is 1. The van der Waals surface area contributed by atoms with E-state index < -0.39 is 0 Å². The molecule has 0 aromatic heterocycles. The van der Waals surface area contributed by atoms with E-state index >= 15 is 0 Å². The molecule has 1 atom stereocenters. The first-order valence-corrected chi connectivity index (χ1v) is 7.82. The van der Waals surface area contributed by atoms with Gasteiger partial charge in [0.1, 0.15) is 0 Å². The quantitative estimate of drug-likeness (QED) is 0.892. The Kier molecular flexibility index (Phi) is 7.06. The highest BCUT2D eigenvalue weighted by Gasteiger charge is 2.19. The van der Waals surface area contributed by atoms with Gasteiger partial charge in [0.15, 0.2) is 11.5 Å². The van der Waals surface area contributed by atoms with Crippen molar-refractivity contribution in [2.45, 2.75) is 53.5 Å². The number of fused-ring (bicyclic) bond motifs is 1. The molecule has 1 aliphatic rings. The first-order chi connectivity index (χ1) is 10.1. The van der Waals surface area contributed by atoms with Gasteiger partial charge in [0.2, 0.25) is 6.79 Å². The third-order valence-electron chi connectivity index (χ3n) is 3.36. The average Bonchev–Trinajstić information content (AvgIpc) is 2.96. The second-order valence-corrected chi connectivity index (χ2v) is 5.18. The van der Waals surface area contributed by atoms with Gasteiger partial charge < -0.3 is 14.8 Å². The van der Waals surface area contributed by atoms with Crippen molar-refractivity contribution in [3.8, 4) is 11.5 Å². The molecule has 1 heterocycles.